The lowest BCUT2D eigenvalue weighted by Gasteiger charge is -2.19. The Bertz CT molecular complexity index is 505. The third-order valence-corrected chi connectivity index (χ3v) is 4.33. The number of thiol groups is 1. The maximum atomic E-state index is 14.2. The molecule has 1 nitrogen and oxygen atoms in total. The van der Waals surface area contributed by atoms with Gasteiger partial charge in [0.2, 0.25) is 0 Å². The van der Waals surface area contributed by atoms with Gasteiger partial charge in [-0.25, -0.2) is 8.78 Å². The van der Waals surface area contributed by atoms with Crippen LogP contribution in [0.4, 0.5) is 14.5 Å². The van der Waals surface area contributed by atoms with E-state index in [1.807, 2.05) is 11.8 Å². The molecule has 0 unspecified atom stereocenters. The molecule has 1 aromatic rings. The minimum Gasteiger partial charge on any atom is -0.369 e. The van der Waals surface area contributed by atoms with Gasteiger partial charge in [0.25, 0.3) is 0 Å². The molecule has 2 rings (SSSR count). The lowest BCUT2D eigenvalue weighted by molar-refractivity contribution is 0.505. The fourth-order valence-corrected chi connectivity index (χ4v) is 2.57. The molecule has 1 saturated heterocycles. The fraction of sp³-hybridized carbons (Fsp3) is 0.467. The minimum atomic E-state index is -0.762. The van der Waals surface area contributed by atoms with E-state index in [0.717, 1.165) is 30.8 Å². The van der Waals surface area contributed by atoms with E-state index in [9.17, 15) is 8.78 Å². The molecule has 1 aliphatic heterocycles. The Hall–Kier alpha value is -1.03. The number of nitrogens with zero attached hydrogens (tertiary/aromatic N) is 1. The number of rotatable bonds is 3. The first-order valence-corrected chi connectivity index (χ1v) is 7.13. The molecule has 0 N–H and O–H groups in total. The smallest absolute Gasteiger partial charge is 0.182 e. The van der Waals surface area contributed by atoms with Gasteiger partial charge in [-0.15, -0.1) is 12.6 Å². The molecular weight excluding hydrogens is 264 g/mol. The normalized spacial score (nSPS) is 16.8. The zero-order chi connectivity index (χ0) is 14.0. The highest BCUT2D eigenvalue weighted by atomic mass is 32.1. The van der Waals surface area contributed by atoms with Crippen molar-refractivity contribution in [2.24, 2.45) is 0 Å². The summed E-state index contributed by atoms with van der Waals surface area (Å²) in [5.74, 6) is -1.50. The molecule has 1 fully saturated rings. The Balaban J connectivity index is 2.42. The SMILES string of the molecule is CC/C(S)=C(/C)c1ccc(N2CCCC2)c(F)c1F. The lowest BCUT2D eigenvalue weighted by atomic mass is 10.0. The van der Waals surface area contributed by atoms with Crippen molar-refractivity contribution < 1.29 is 8.78 Å². The molecule has 0 saturated carbocycles. The van der Waals surface area contributed by atoms with Crippen molar-refractivity contribution in [3.63, 3.8) is 0 Å². The van der Waals surface area contributed by atoms with Gasteiger partial charge in [-0.2, -0.15) is 0 Å². The van der Waals surface area contributed by atoms with E-state index in [2.05, 4.69) is 12.6 Å². The molecule has 1 aliphatic rings. The summed E-state index contributed by atoms with van der Waals surface area (Å²) in [7, 11) is 0. The van der Waals surface area contributed by atoms with Crippen molar-refractivity contribution in [1.82, 2.24) is 0 Å². The Kier molecular flexibility index (Phi) is 4.50. The van der Waals surface area contributed by atoms with Crippen LogP contribution in [0.1, 0.15) is 38.7 Å². The van der Waals surface area contributed by atoms with Crippen molar-refractivity contribution in [2.45, 2.75) is 33.1 Å². The fourth-order valence-electron chi connectivity index (χ4n) is 2.45. The first-order chi connectivity index (χ1) is 9.06. The largest absolute Gasteiger partial charge is 0.369 e. The Labute approximate surface area is 118 Å². The van der Waals surface area contributed by atoms with Crippen LogP contribution in [-0.4, -0.2) is 13.1 Å². The molecule has 0 atom stereocenters. The Morgan fingerprint density at radius 3 is 2.42 bits per heavy atom. The van der Waals surface area contributed by atoms with Crippen LogP contribution in [0.2, 0.25) is 0 Å². The molecule has 104 valence electrons. The summed E-state index contributed by atoms with van der Waals surface area (Å²) in [6, 6.07) is 3.34. The van der Waals surface area contributed by atoms with Crippen LogP contribution in [0.3, 0.4) is 0 Å². The number of halogens is 2. The second-order valence-corrected chi connectivity index (χ2v) is 5.42. The van der Waals surface area contributed by atoms with Gasteiger partial charge < -0.3 is 4.90 Å². The molecule has 1 heterocycles. The Morgan fingerprint density at radius 2 is 1.84 bits per heavy atom. The summed E-state index contributed by atoms with van der Waals surface area (Å²) in [5, 5.41) is 0. The monoisotopic (exact) mass is 283 g/mol. The summed E-state index contributed by atoms with van der Waals surface area (Å²) in [5.41, 5.74) is 1.39. The summed E-state index contributed by atoms with van der Waals surface area (Å²) >= 11 is 4.31. The predicted molar refractivity (Wildman–Crippen MR) is 79.7 cm³/mol. The maximum absolute atomic E-state index is 14.2. The van der Waals surface area contributed by atoms with Gasteiger partial charge in [0.15, 0.2) is 11.6 Å². The number of allylic oxidation sites excluding steroid dienone is 2. The predicted octanol–water partition coefficient (Wildman–Crippen LogP) is 4.64. The summed E-state index contributed by atoms with van der Waals surface area (Å²) in [4.78, 5) is 2.69. The topological polar surface area (TPSA) is 3.24 Å². The van der Waals surface area contributed by atoms with Gasteiger partial charge in [0.1, 0.15) is 0 Å². The van der Waals surface area contributed by atoms with Gasteiger partial charge >= 0.3 is 0 Å². The molecule has 0 bridgehead atoms. The molecule has 0 aliphatic carbocycles. The van der Waals surface area contributed by atoms with E-state index in [1.54, 1.807) is 19.1 Å². The van der Waals surface area contributed by atoms with Gasteiger partial charge in [0.05, 0.1) is 5.69 Å². The molecule has 1 aromatic carbocycles. The summed E-state index contributed by atoms with van der Waals surface area (Å²) < 4.78 is 28.4. The van der Waals surface area contributed by atoms with Crippen molar-refractivity contribution >= 4 is 23.9 Å². The minimum absolute atomic E-state index is 0.312. The van der Waals surface area contributed by atoms with Crippen molar-refractivity contribution in [3.8, 4) is 0 Å². The van der Waals surface area contributed by atoms with Crippen LogP contribution < -0.4 is 4.90 Å². The number of hydrogen-bond acceptors (Lipinski definition) is 2. The Morgan fingerprint density at radius 1 is 1.21 bits per heavy atom. The van der Waals surface area contributed by atoms with Gasteiger partial charge in [-0.05, 0) is 48.8 Å². The van der Waals surface area contributed by atoms with Crippen LogP contribution in [0.15, 0.2) is 17.0 Å². The van der Waals surface area contributed by atoms with Crippen LogP contribution in [0, 0.1) is 11.6 Å². The highest BCUT2D eigenvalue weighted by Gasteiger charge is 2.21. The molecule has 4 heteroatoms. The molecular formula is C15H19F2NS. The zero-order valence-corrected chi connectivity index (χ0v) is 12.2. The second-order valence-electron chi connectivity index (χ2n) is 4.88. The highest BCUT2D eigenvalue weighted by Crippen LogP contribution is 2.32. The van der Waals surface area contributed by atoms with Crippen LogP contribution in [0.25, 0.3) is 5.57 Å². The van der Waals surface area contributed by atoms with E-state index >= 15 is 0 Å². The third kappa shape index (κ3) is 2.78. The standard InChI is InChI=1S/C15H19F2NS/c1-3-13(19)10(2)11-6-7-12(15(17)14(11)16)18-8-4-5-9-18/h6-7,19H,3-5,8-9H2,1-2H3/b13-10+. The molecule has 0 radical (unpaired) electrons. The number of anilines is 1. The number of benzene rings is 1. The molecule has 0 spiro atoms. The quantitative estimate of drug-likeness (QED) is 0.791. The molecule has 0 amide bonds. The van der Waals surface area contributed by atoms with E-state index < -0.39 is 11.6 Å². The summed E-state index contributed by atoms with van der Waals surface area (Å²) in [6.07, 6.45) is 2.79. The van der Waals surface area contributed by atoms with Crippen LogP contribution in [-0.2, 0) is 0 Å². The highest BCUT2D eigenvalue weighted by molar-refractivity contribution is 7.84. The average Bonchev–Trinajstić information content (AvgIpc) is 2.94. The zero-order valence-electron chi connectivity index (χ0n) is 11.3. The van der Waals surface area contributed by atoms with E-state index in [1.165, 1.54) is 0 Å². The molecule has 19 heavy (non-hydrogen) atoms. The average molecular weight is 283 g/mol. The summed E-state index contributed by atoms with van der Waals surface area (Å²) in [6.45, 7) is 5.33. The van der Waals surface area contributed by atoms with E-state index in [-0.39, 0.29) is 0 Å². The first kappa shape index (κ1) is 14.4. The number of hydrogen-bond donors (Lipinski definition) is 1. The van der Waals surface area contributed by atoms with E-state index in [4.69, 9.17) is 0 Å². The van der Waals surface area contributed by atoms with E-state index in [0.29, 0.717) is 23.2 Å². The van der Waals surface area contributed by atoms with Gasteiger partial charge in [-0.3, -0.25) is 0 Å². The maximum Gasteiger partial charge on any atom is 0.182 e. The van der Waals surface area contributed by atoms with Crippen LogP contribution in [0.5, 0.6) is 0 Å². The van der Waals surface area contributed by atoms with Gasteiger partial charge in [0, 0.05) is 18.7 Å². The lowest BCUT2D eigenvalue weighted by Crippen LogP contribution is -2.19. The van der Waals surface area contributed by atoms with Crippen molar-refractivity contribution in [3.05, 3.63) is 34.2 Å². The second kappa shape index (κ2) is 5.95. The van der Waals surface area contributed by atoms with Crippen LogP contribution >= 0.6 is 12.6 Å². The molecule has 0 aromatic heterocycles. The third-order valence-electron chi connectivity index (χ3n) is 3.68. The first-order valence-electron chi connectivity index (χ1n) is 6.68. The van der Waals surface area contributed by atoms with Crippen molar-refractivity contribution in [2.75, 3.05) is 18.0 Å². The van der Waals surface area contributed by atoms with Gasteiger partial charge in [-0.1, -0.05) is 6.92 Å². The van der Waals surface area contributed by atoms with Crippen molar-refractivity contribution in [1.29, 1.82) is 0 Å².